The van der Waals surface area contributed by atoms with Crippen LogP contribution >= 0.6 is 11.6 Å². The van der Waals surface area contributed by atoms with Gasteiger partial charge in [0.15, 0.2) is 0 Å². The van der Waals surface area contributed by atoms with Gasteiger partial charge in [-0.05, 0) is 30.2 Å². The number of rotatable bonds is 4. The van der Waals surface area contributed by atoms with E-state index >= 15 is 0 Å². The summed E-state index contributed by atoms with van der Waals surface area (Å²) in [5.41, 5.74) is 3.33. The third-order valence-corrected chi connectivity index (χ3v) is 3.18. The van der Waals surface area contributed by atoms with E-state index in [0.29, 0.717) is 11.6 Å². The molecule has 0 aromatic heterocycles. The van der Waals surface area contributed by atoms with Gasteiger partial charge in [0.2, 0.25) is 0 Å². The van der Waals surface area contributed by atoms with E-state index in [9.17, 15) is 5.26 Å². The number of nitrogens with zero attached hydrogens (tertiary/aromatic N) is 1. The highest BCUT2D eigenvalue weighted by Gasteiger charge is 2.09. The molecule has 3 heteroatoms. The monoisotopic (exact) mass is 270 g/mol. The number of halogens is 1. The number of nitriles is 1. The highest BCUT2D eigenvalue weighted by atomic mass is 35.5. The van der Waals surface area contributed by atoms with Crippen LogP contribution in [0.3, 0.4) is 0 Å². The maximum absolute atomic E-state index is 9.24. The molecule has 96 valence electrons. The quantitative estimate of drug-likeness (QED) is 0.911. The zero-order valence-electron chi connectivity index (χ0n) is 10.7. The molecule has 2 nitrogen and oxygen atoms in total. The van der Waals surface area contributed by atoms with Crippen LogP contribution < -0.4 is 5.32 Å². The number of benzene rings is 2. The normalized spacial score (nSPS) is 11.8. The summed E-state index contributed by atoms with van der Waals surface area (Å²) in [7, 11) is 0. The molecule has 1 atom stereocenters. The minimum absolute atomic E-state index is 0.322. The van der Waals surface area contributed by atoms with Gasteiger partial charge in [0, 0.05) is 11.6 Å². The number of hydrogen-bond donors (Lipinski definition) is 1. The van der Waals surface area contributed by atoms with Crippen molar-refractivity contribution in [2.45, 2.75) is 19.5 Å². The van der Waals surface area contributed by atoms with Crippen molar-refractivity contribution in [3.8, 4) is 6.07 Å². The highest BCUT2D eigenvalue weighted by Crippen LogP contribution is 2.16. The van der Waals surface area contributed by atoms with E-state index in [4.69, 9.17) is 11.6 Å². The van der Waals surface area contributed by atoms with Gasteiger partial charge in [0.1, 0.15) is 6.04 Å². The molecule has 0 aliphatic heterocycles. The molecule has 2 aromatic carbocycles. The van der Waals surface area contributed by atoms with Crippen molar-refractivity contribution in [2.24, 2.45) is 0 Å². The maximum Gasteiger partial charge on any atom is 0.121 e. The molecule has 2 aromatic rings. The second-order valence-electron chi connectivity index (χ2n) is 4.48. The molecule has 0 fully saturated rings. The van der Waals surface area contributed by atoms with Gasteiger partial charge in [-0.15, -0.1) is 0 Å². The number of hydrogen-bond acceptors (Lipinski definition) is 2. The van der Waals surface area contributed by atoms with E-state index in [1.54, 1.807) is 12.1 Å². The van der Waals surface area contributed by atoms with Crippen molar-refractivity contribution in [1.82, 2.24) is 5.32 Å². The average Bonchev–Trinajstić information content (AvgIpc) is 2.41. The number of aryl methyl sites for hydroxylation is 1. The van der Waals surface area contributed by atoms with Crippen LogP contribution in [-0.4, -0.2) is 0 Å². The van der Waals surface area contributed by atoms with Crippen molar-refractivity contribution in [2.75, 3.05) is 0 Å². The van der Waals surface area contributed by atoms with Gasteiger partial charge in [0.05, 0.1) is 6.07 Å². The van der Waals surface area contributed by atoms with Crippen LogP contribution in [0, 0.1) is 18.3 Å². The zero-order valence-corrected chi connectivity index (χ0v) is 11.5. The number of nitrogens with one attached hydrogen (secondary N) is 1. The van der Waals surface area contributed by atoms with Gasteiger partial charge >= 0.3 is 0 Å². The Labute approximate surface area is 118 Å². The molecule has 2 rings (SSSR count). The SMILES string of the molecule is Cc1cccc(CNC(C#N)c2ccc(Cl)cc2)c1. The van der Waals surface area contributed by atoms with Gasteiger partial charge < -0.3 is 0 Å². The van der Waals surface area contributed by atoms with Crippen molar-refractivity contribution < 1.29 is 0 Å². The van der Waals surface area contributed by atoms with Crippen molar-refractivity contribution >= 4 is 11.6 Å². The lowest BCUT2D eigenvalue weighted by atomic mass is 10.1. The fourth-order valence-electron chi connectivity index (χ4n) is 1.94. The Morgan fingerprint density at radius 1 is 1.21 bits per heavy atom. The van der Waals surface area contributed by atoms with Crippen LogP contribution in [0.25, 0.3) is 0 Å². The van der Waals surface area contributed by atoms with E-state index in [1.807, 2.05) is 18.2 Å². The Kier molecular flexibility index (Phi) is 4.57. The van der Waals surface area contributed by atoms with Gasteiger partial charge in [0.25, 0.3) is 0 Å². The molecule has 0 saturated heterocycles. The fourth-order valence-corrected chi connectivity index (χ4v) is 2.06. The average molecular weight is 271 g/mol. The first-order chi connectivity index (χ1) is 9.19. The summed E-state index contributed by atoms with van der Waals surface area (Å²) in [5, 5.41) is 13.2. The topological polar surface area (TPSA) is 35.8 Å². The van der Waals surface area contributed by atoms with Crippen LogP contribution in [0.5, 0.6) is 0 Å². The third-order valence-electron chi connectivity index (χ3n) is 2.93. The Morgan fingerprint density at radius 3 is 2.58 bits per heavy atom. The van der Waals surface area contributed by atoms with Crippen molar-refractivity contribution in [3.63, 3.8) is 0 Å². The molecule has 0 bridgehead atoms. The first-order valence-electron chi connectivity index (χ1n) is 6.13. The minimum atomic E-state index is -0.322. The van der Waals surface area contributed by atoms with E-state index in [0.717, 1.165) is 5.56 Å². The molecule has 0 aliphatic carbocycles. The lowest BCUT2D eigenvalue weighted by molar-refractivity contribution is 0.630. The largest absolute Gasteiger partial charge is 0.294 e. The second-order valence-corrected chi connectivity index (χ2v) is 4.92. The Bertz CT molecular complexity index is 584. The lowest BCUT2D eigenvalue weighted by Gasteiger charge is -2.12. The summed E-state index contributed by atoms with van der Waals surface area (Å²) >= 11 is 5.85. The van der Waals surface area contributed by atoms with Gasteiger partial charge in [-0.1, -0.05) is 53.6 Å². The molecule has 19 heavy (non-hydrogen) atoms. The zero-order chi connectivity index (χ0) is 13.7. The smallest absolute Gasteiger partial charge is 0.121 e. The molecule has 0 aliphatic rings. The van der Waals surface area contributed by atoms with Gasteiger partial charge in [-0.2, -0.15) is 5.26 Å². The van der Waals surface area contributed by atoms with Crippen LogP contribution in [0.2, 0.25) is 5.02 Å². The first kappa shape index (κ1) is 13.6. The summed E-state index contributed by atoms with van der Waals surface area (Å²) in [6.45, 7) is 2.73. The van der Waals surface area contributed by atoms with Crippen molar-refractivity contribution in [1.29, 1.82) is 5.26 Å². The van der Waals surface area contributed by atoms with E-state index in [-0.39, 0.29) is 6.04 Å². The molecular formula is C16H15ClN2. The molecule has 1 unspecified atom stereocenters. The summed E-state index contributed by atoms with van der Waals surface area (Å²) in [5.74, 6) is 0. The molecule has 0 heterocycles. The second kappa shape index (κ2) is 6.38. The summed E-state index contributed by atoms with van der Waals surface area (Å²) in [4.78, 5) is 0. The van der Waals surface area contributed by atoms with E-state index < -0.39 is 0 Å². The highest BCUT2D eigenvalue weighted by molar-refractivity contribution is 6.30. The van der Waals surface area contributed by atoms with Crippen LogP contribution in [-0.2, 0) is 6.54 Å². The van der Waals surface area contributed by atoms with Crippen molar-refractivity contribution in [3.05, 3.63) is 70.2 Å². The molecular weight excluding hydrogens is 256 g/mol. The standard InChI is InChI=1S/C16H15ClN2/c1-12-3-2-4-13(9-12)11-19-16(10-18)14-5-7-15(17)8-6-14/h2-9,16,19H,11H2,1H3. The molecule has 0 amide bonds. The van der Waals surface area contributed by atoms with Crippen LogP contribution in [0.1, 0.15) is 22.7 Å². The molecule has 0 radical (unpaired) electrons. The molecule has 0 spiro atoms. The van der Waals surface area contributed by atoms with E-state index in [1.165, 1.54) is 11.1 Å². The lowest BCUT2D eigenvalue weighted by Crippen LogP contribution is -2.19. The maximum atomic E-state index is 9.24. The van der Waals surface area contributed by atoms with Gasteiger partial charge in [-0.3, -0.25) is 5.32 Å². The Balaban J connectivity index is 2.04. The minimum Gasteiger partial charge on any atom is -0.294 e. The Hall–Kier alpha value is -1.82. The third kappa shape index (κ3) is 3.82. The predicted octanol–water partition coefficient (Wildman–Crippen LogP) is 4.00. The first-order valence-corrected chi connectivity index (χ1v) is 6.51. The van der Waals surface area contributed by atoms with Crippen LogP contribution in [0.15, 0.2) is 48.5 Å². The predicted molar refractivity (Wildman–Crippen MR) is 77.8 cm³/mol. The molecule has 1 N–H and O–H groups in total. The fraction of sp³-hybridized carbons (Fsp3) is 0.188. The van der Waals surface area contributed by atoms with Crippen LogP contribution in [0.4, 0.5) is 0 Å². The van der Waals surface area contributed by atoms with E-state index in [2.05, 4.69) is 36.5 Å². The summed E-state index contributed by atoms with van der Waals surface area (Å²) < 4.78 is 0. The summed E-state index contributed by atoms with van der Waals surface area (Å²) in [6, 6.07) is 17.5. The summed E-state index contributed by atoms with van der Waals surface area (Å²) in [6.07, 6.45) is 0. The molecule has 0 saturated carbocycles. The van der Waals surface area contributed by atoms with Gasteiger partial charge in [-0.25, -0.2) is 0 Å². The Morgan fingerprint density at radius 2 is 1.95 bits per heavy atom.